The highest BCUT2D eigenvalue weighted by Gasteiger charge is 2.38. The van der Waals surface area contributed by atoms with Crippen LogP contribution in [0, 0.1) is 11.8 Å². The van der Waals surface area contributed by atoms with Gasteiger partial charge in [0, 0.05) is 19.1 Å². The Kier molecular flexibility index (Phi) is 4.88. The van der Waals surface area contributed by atoms with Crippen LogP contribution < -0.4 is 5.32 Å². The second-order valence-electron chi connectivity index (χ2n) is 5.93. The van der Waals surface area contributed by atoms with Crippen molar-refractivity contribution in [1.82, 2.24) is 9.62 Å². The van der Waals surface area contributed by atoms with Gasteiger partial charge in [-0.15, -0.1) is 0 Å². The van der Waals surface area contributed by atoms with Gasteiger partial charge in [-0.25, -0.2) is 12.7 Å². The summed E-state index contributed by atoms with van der Waals surface area (Å²) in [6, 6.07) is -0.0643. The van der Waals surface area contributed by atoms with Gasteiger partial charge in [0.15, 0.2) is 0 Å². The number of carbonyl (C=O) groups is 2. The zero-order valence-electron chi connectivity index (χ0n) is 12.1. The first-order chi connectivity index (χ1) is 9.79. The molecule has 0 radical (unpaired) electrons. The van der Waals surface area contributed by atoms with E-state index in [1.807, 2.05) is 0 Å². The minimum Gasteiger partial charge on any atom is -0.481 e. The molecule has 0 aromatic heterocycles. The van der Waals surface area contributed by atoms with E-state index in [2.05, 4.69) is 5.32 Å². The van der Waals surface area contributed by atoms with Crippen LogP contribution in [-0.2, 0) is 19.6 Å². The molecule has 2 aliphatic rings. The SMILES string of the molecule is CS(=O)(=O)N1CCC(NC(=O)C2CCCC2C(=O)O)CC1. The summed E-state index contributed by atoms with van der Waals surface area (Å²) in [6.07, 6.45) is 4.26. The van der Waals surface area contributed by atoms with Crippen molar-refractivity contribution in [2.45, 2.75) is 38.1 Å². The maximum atomic E-state index is 12.2. The molecular formula is C13H22N2O5S. The third kappa shape index (κ3) is 3.94. The minimum atomic E-state index is -3.17. The molecule has 0 bridgehead atoms. The second kappa shape index (κ2) is 6.31. The third-order valence-corrected chi connectivity index (χ3v) is 5.74. The van der Waals surface area contributed by atoms with Crippen molar-refractivity contribution in [2.75, 3.05) is 19.3 Å². The number of amides is 1. The summed E-state index contributed by atoms with van der Waals surface area (Å²) in [4.78, 5) is 23.3. The number of piperidine rings is 1. The molecule has 1 amide bonds. The molecule has 8 heteroatoms. The molecular weight excluding hydrogens is 296 g/mol. The summed E-state index contributed by atoms with van der Waals surface area (Å²) >= 11 is 0. The molecule has 1 heterocycles. The van der Waals surface area contributed by atoms with Gasteiger partial charge < -0.3 is 10.4 Å². The smallest absolute Gasteiger partial charge is 0.307 e. The van der Waals surface area contributed by atoms with Crippen LogP contribution in [0.15, 0.2) is 0 Å². The van der Waals surface area contributed by atoms with Crippen LogP contribution in [0.25, 0.3) is 0 Å². The van der Waals surface area contributed by atoms with Gasteiger partial charge in [-0.3, -0.25) is 9.59 Å². The van der Waals surface area contributed by atoms with Crippen LogP contribution in [0.5, 0.6) is 0 Å². The lowest BCUT2D eigenvalue weighted by Crippen LogP contribution is -2.48. The van der Waals surface area contributed by atoms with E-state index in [4.69, 9.17) is 5.11 Å². The zero-order chi connectivity index (χ0) is 15.6. The lowest BCUT2D eigenvalue weighted by molar-refractivity contribution is -0.146. The molecule has 120 valence electrons. The lowest BCUT2D eigenvalue weighted by Gasteiger charge is -2.31. The second-order valence-corrected chi connectivity index (χ2v) is 7.91. The van der Waals surface area contributed by atoms with Crippen LogP contribution in [-0.4, -0.2) is 55.1 Å². The van der Waals surface area contributed by atoms with E-state index in [-0.39, 0.29) is 11.9 Å². The van der Waals surface area contributed by atoms with Crippen LogP contribution in [0.4, 0.5) is 0 Å². The van der Waals surface area contributed by atoms with E-state index in [9.17, 15) is 18.0 Å². The third-order valence-electron chi connectivity index (χ3n) is 4.44. The van der Waals surface area contributed by atoms with Crippen molar-refractivity contribution < 1.29 is 23.1 Å². The number of carbonyl (C=O) groups excluding carboxylic acids is 1. The number of nitrogens with one attached hydrogen (secondary N) is 1. The Morgan fingerprint density at radius 2 is 1.67 bits per heavy atom. The molecule has 2 rings (SSSR count). The molecule has 1 aliphatic heterocycles. The number of rotatable bonds is 4. The first kappa shape index (κ1) is 16.2. The predicted molar refractivity (Wildman–Crippen MR) is 76.0 cm³/mol. The summed E-state index contributed by atoms with van der Waals surface area (Å²) in [6.45, 7) is 0.799. The Balaban J connectivity index is 1.86. The van der Waals surface area contributed by atoms with Crippen molar-refractivity contribution in [3.05, 3.63) is 0 Å². The maximum absolute atomic E-state index is 12.2. The Morgan fingerprint density at radius 1 is 1.10 bits per heavy atom. The summed E-state index contributed by atoms with van der Waals surface area (Å²) in [5.74, 6) is -2.13. The number of hydrogen-bond acceptors (Lipinski definition) is 4. The van der Waals surface area contributed by atoms with E-state index in [0.29, 0.717) is 38.8 Å². The van der Waals surface area contributed by atoms with E-state index < -0.39 is 27.8 Å². The maximum Gasteiger partial charge on any atom is 0.307 e. The van der Waals surface area contributed by atoms with Gasteiger partial charge in [0.1, 0.15) is 0 Å². The number of hydrogen-bond donors (Lipinski definition) is 2. The molecule has 2 unspecified atom stereocenters. The van der Waals surface area contributed by atoms with Gasteiger partial charge in [-0.2, -0.15) is 0 Å². The minimum absolute atomic E-state index is 0.0643. The van der Waals surface area contributed by atoms with E-state index >= 15 is 0 Å². The largest absolute Gasteiger partial charge is 0.481 e. The van der Waals surface area contributed by atoms with Gasteiger partial charge in [0.05, 0.1) is 18.1 Å². The lowest BCUT2D eigenvalue weighted by atomic mass is 9.94. The Labute approximate surface area is 124 Å². The van der Waals surface area contributed by atoms with Crippen LogP contribution >= 0.6 is 0 Å². The topological polar surface area (TPSA) is 104 Å². The van der Waals surface area contributed by atoms with Gasteiger partial charge in [0.2, 0.25) is 15.9 Å². The van der Waals surface area contributed by atoms with Gasteiger partial charge in [-0.1, -0.05) is 6.42 Å². The van der Waals surface area contributed by atoms with Crippen molar-refractivity contribution in [2.24, 2.45) is 11.8 Å². The number of aliphatic carboxylic acids is 1. The average molecular weight is 318 g/mol. The van der Waals surface area contributed by atoms with E-state index in [1.54, 1.807) is 0 Å². The quantitative estimate of drug-likeness (QED) is 0.761. The molecule has 0 aromatic carbocycles. The Hall–Kier alpha value is -1.15. The molecule has 7 nitrogen and oxygen atoms in total. The standard InChI is InChI=1S/C13H22N2O5S/c1-21(19,20)15-7-5-9(6-8-15)14-12(16)10-3-2-4-11(10)13(17)18/h9-11H,2-8H2,1H3,(H,14,16)(H,17,18). The predicted octanol–water partition coefficient (Wildman–Crippen LogP) is 0.0275. The summed E-state index contributed by atoms with van der Waals surface area (Å²) in [7, 11) is -3.17. The molecule has 21 heavy (non-hydrogen) atoms. The van der Waals surface area contributed by atoms with Crippen molar-refractivity contribution in [3.63, 3.8) is 0 Å². The van der Waals surface area contributed by atoms with Crippen molar-refractivity contribution in [1.29, 1.82) is 0 Å². The van der Waals surface area contributed by atoms with Gasteiger partial charge >= 0.3 is 5.97 Å². The fourth-order valence-electron chi connectivity index (χ4n) is 3.21. The number of carboxylic acid groups (broad SMARTS) is 1. The Morgan fingerprint density at radius 3 is 2.19 bits per heavy atom. The highest BCUT2D eigenvalue weighted by molar-refractivity contribution is 7.88. The molecule has 2 fully saturated rings. The van der Waals surface area contributed by atoms with Crippen molar-refractivity contribution in [3.8, 4) is 0 Å². The first-order valence-corrected chi connectivity index (χ1v) is 9.12. The Bertz CT molecular complexity index is 511. The average Bonchev–Trinajstić information content (AvgIpc) is 2.87. The molecule has 0 aromatic rings. The normalized spacial score (nSPS) is 28.4. The highest BCUT2D eigenvalue weighted by Crippen LogP contribution is 2.32. The fourth-order valence-corrected chi connectivity index (χ4v) is 4.08. The van der Waals surface area contributed by atoms with E-state index in [1.165, 1.54) is 10.6 Å². The van der Waals surface area contributed by atoms with Gasteiger partial charge in [0.25, 0.3) is 0 Å². The number of nitrogens with zero attached hydrogens (tertiary/aromatic N) is 1. The zero-order valence-corrected chi connectivity index (χ0v) is 12.9. The van der Waals surface area contributed by atoms with Gasteiger partial charge in [-0.05, 0) is 25.7 Å². The monoisotopic (exact) mass is 318 g/mol. The highest BCUT2D eigenvalue weighted by atomic mass is 32.2. The fraction of sp³-hybridized carbons (Fsp3) is 0.846. The first-order valence-electron chi connectivity index (χ1n) is 7.27. The molecule has 1 saturated carbocycles. The van der Waals surface area contributed by atoms with Crippen LogP contribution in [0.3, 0.4) is 0 Å². The van der Waals surface area contributed by atoms with E-state index in [0.717, 1.165) is 6.42 Å². The number of sulfonamides is 1. The molecule has 1 saturated heterocycles. The van der Waals surface area contributed by atoms with Crippen molar-refractivity contribution >= 4 is 21.9 Å². The summed E-state index contributed by atoms with van der Waals surface area (Å²) in [5, 5.41) is 12.0. The summed E-state index contributed by atoms with van der Waals surface area (Å²) < 4.78 is 24.2. The molecule has 2 atom stereocenters. The van der Waals surface area contributed by atoms with Crippen LogP contribution in [0.2, 0.25) is 0 Å². The number of carboxylic acids is 1. The molecule has 1 aliphatic carbocycles. The molecule has 0 spiro atoms. The van der Waals surface area contributed by atoms with Crippen LogP contribution in [0.1, 0.15) is 32.1 Å². The molecule has 2 N–H and O–H groups in total. The summed E-state index contributed by atoms with van der Waals surface area (Å²) in [5.41, 5.74) is 0.